The van der Waals surface area contributed by atoms with E-state index in [0.29, 0.717) is 13.1 Å². The maximum Gasteiger partial charge on any atom is 0.258 e. The summed E-state index contributed by atoms with van der Waals surface area (Å²) in [6.07, 6.45) is 0. The zero-order valence-electron chi connectivity index (χ0n) is 13.8. The number of halogens is 2. The fourth-order valence-electron chi connectivity index (χ4n) is 2.33. The van der Waals surface area contributed by atoms with Crippen LogP contribution in [0.15, 0.2) is 47.4 Å². The van der Waals surface area contributed by atoms with E-state index in [1.807, 2.05) is 0 Å². The summed E-state index contributed by atoms with van der Waals surface area (Å²) in [6, 6.07) is 9.65. The highest BCUT2D eigenvalue weighted by molar-refractivity contribution is 7.89. The number of hydrogen-bond acceptors (Lipinski definition) is 3. The number of carbonyl (C=O) groups is 1. The van der Waals surface area contributed by atoms with E-state index in [1.165, 1.54) is 46.8 Å². The van der Waals surface area contributed by atoms with Gasteiger partial charge in [0.1, 0.15) is 10.7 Å². The molecule has 0 saturated carbocycles. The summed E-state index contributed by atoms with van der Waals surface area (Å²) in [4.78, 5) is 12.1. The first kappa shape index (κ1) is 19.4. The van der Waals surface area contributed by atoms with Crippen molar-refractivity contribution in [2.75, 3.05) is 18.4 Å². The SMILES string of the molecule is CCN(CC)S(=O)(=O)c1cc(NC(=O)c2ccccc2F)ccc1Cl. The number of anilines is 1. The summed E-state index contributed by atoms with van der Waals surface area (Å²) < 4.78 is 40.2. The third-order valence-electron chi connectivity index (χ3n) is 3.63. The van der Waals surface area contributed by atoms with Crippen LogP contribution in [0.5, 0.6) is 0 Å². The van der Waals surface area contributed by atoms with E-state index in [-0.39, 0.29) is 21.2 Å². The average molecular weight is 385 g/mol. The van der Waals surface area contributed by atoms with Crippen molar-refractivity contribution in [1.82, 2.24) is 4.31 Å². The topological polar surface area (TPSA) is 66.5 Å². The molecule has 0 fully saturated rings. The summed E-state index contributed by atoms with van der Waals surface area (Å²) in [7, 11) is -3.79. The van der Waals surface area contributed by atoms with Crippen molar-refractivity contribution in [3.8, 4) is 0 Å². The summed E-state index contributed by atoms with van der Waals surface area (Å²) in [5.41, 5.74) is 0.0778. The molecule has 25 heavy (non-hydrogen) atoms. The van der Waals surface area contributed by atoms with Gasteiger partial charge < -0.3 is 5.32 Å². The molecule has 0 aromatic heterocycles. The third kappa shape index (κ3) is 4.18. The number of benzene rings is 2. The molecule has 0 saturated heterocycles. The summed E-state index contributed by atoms with van der Waals surface area (Å²) >= 11 is 6.04. The van der Waals surface area contributed by atoms with Crippen molar-refractivity contribution >= 4 is 33.2 Å². The first-order valence-electron chi connectivity index (χ1n) is 7.66. The number of hydrogen-bond donors (Lipinski definition) is 1. The molecule has 0 unspecified atom stereocenters. The van der Waals surface area contributed by atoms with Crippen molar-refractivity contribution in [3.05, 3.63) is 58.9 Å². The Hall–Kier alpha value is -1.96. The molecule has 5 nitrogen and oxygen atoms in total. The van der Waals surface area contributed by atoms with E-state index in [2.05, 4.69) is 5.32 Å². The molecular weight excluding hydrogens is 367 g/mol. The minimum atomic E-state index is -3.79. The molecule has 2 aromatic carbocycles. The van der Waals surface area contributed by atoms with Gasteiger partial charge >= 0.3 is 0 Å². The number of sulfonamides is 1. The molecule has 2 aromatic rings. The predicted molar refractivity (Wildman–Crippen MR) is 95.9 cm³/mol. The van der Waals surface area contributed by atoms with E-state index in [1.54, 1.807) is 13.8 Å². The molecule has 1 amide bonds. The molecule has 134 valence electrons. The Bertz CT molecular complexity index is 883. The van der Waals surface area contributed by atoms with Crippen molar-refractivity contribution in [2.24, 2.45) is 0 Å². The molecule has 1 N–H and O–H groups in total. The number of rotatable bonds is 6. The lowest BCUT2D eigenvalue weighted by atomic mass is 10.2. The third-order valence-corrected chi connectivity index (χ3v) is 6.16. The number of nitrogens with one attached hydrogen (secondary N) is 1. The van der Waals surface area contributed by atoms with Crippen molar-refractivity contribution < 1.29 is 17.6 Å². The largest absolute Gasteiger partial charge is 0.322 e. The van der Waals surface area contributed by atoms with Crippen LogP contribution < -0.4 is 5.32 Å². The van der Waals surface area contributed by atoms with Crippen LogP contribution in [-0.4, -0.2) is 31.7 Å². The summed E-state index contributed by atoms with van der Waals surface area (Å²) in [6.45, 7) is 4.03. The molecule has 0 heterocycles. The van der Waals surface area contributed by atoms with Crippen molar-refractivity contribution in [2.45, 2.75) is 18.7 Å². The van der Waals surface area contributed by atoms with Crippen LogP contribution in [-0.2, 0) is 10.0 Å². The van der Waals surface area contributed by atoms with Crippen LogP contribution in [0.4, 0.5) is 10.1 Å². The van der Waals surface area contributed by atoms with E-state index in [9.17, 15) is 17.6 Å². The maximum atomic E-state index is 13.7. The van der Waals surface area contributed by atoms with Crippen LogP contribution in [0.3, 0.4) is 0 Å². The van der Waals surface area contributed by atoms with Gasteiger partial charge in [0.05, 0.1) is 10.6 Å². The lowest BCUT2D eigenvalue weighted by molar-refractivity contribution is 0.102. The second kappa shape index (κ2) is 7.95. The van der Waals surface area contributed by atoms with Crippen LogP contribution in [0.2, 0.25) is 5.02 Å². The number of nitrogens with zero attached hydrogens (tertiary/aromatic N) is 1. The summed E-state index contributed by atoms with van der Waals surface area (Å²) in [5, 5.41) is 2.54. The molecule has 0 aliphatic rings. The molecule has 2 rings (SSSR count). The van der Waals surface area contributed by atoms with Gasteiger partial charge in [-0.2, -0.15) is 4.31 Å². The van der Waals surface area contributed by atoms with E-state index >= 15 is 0 Å². The highest BCUT2D eigenvalue weighted by Gasteiger charge is 2.25. The second-order valence-corrected chi connectivity index (χ2v) is 7.48. The monoisotopic (exact) mass is 384 g/mol. The Balaban J connectivity index is 2.37. The standard InChI is InChI=1S/C17H18ClFN2O3S/c1-3-21(4-2)25(23,24)16-11-12(9-10-14(16)18)20-17(22)13-7-5-6-8-15(13)19/h5-11H,3-4H2,1-2H3,(H,20,22). The molecular formula is C17H18ClFN2O3S. The van der Waals surface area contributed by atoms with E-state index in [4.69, 9.17) is 11.6 Å². The van der Waals surface area contributed by atoms with Crippen molar-refractivity contribution in [3.63, 3.8) is 0 Å². The van der Waals surface area contributed by atoms with Gasteiger partial charge in [-0.25, -0.2) is 12.8 Å². The minimum Gasteiger partial charge on any atom is -0.322 e. The Morgan fingerprint density at radius 1 is 1.16 bits per heavy atom. The van der Waals surface area contributed by atoms with E-state index < -0.39 is 21.7 Å². The van der Waals surface area contributed by atoms with Gasteiger partial charge in [-0.15, -0.1) is 0 Å². The molecule has 0 radical (unpaired) electrons. The Labute approximate surface area is 151 Å². The van der Waals surface area contributed by atoms with Gasteiger partial charge in [0.15, 0.2) is 0 Å². The smallest absolute Gasteiger partial charge is 0.258 e. The van der Waals surface area contributed by atoms with Crippen LogP contribution >= 0.6 is 11.6 Å². The van der Waals surface area contributed by atoms with Gasteiger partial charge in [-0.3, -0.25) is 4.79 Å². The molecule has 0 bridgehead atoms. The fraction of sp³-hybridized carbons (Fsp3) is 0.235. The molecule has 8 heteroatoms. The quantitative estimate of drug-likeness (QED) is 0.824. The molecule has 0 spiro atoms. The normalized spacial score (nSPS) is 11.6. The Kier molecular flexibility index (Phi) is 6.16. The molecule has 0 atom stereocenters. The van der Waals surface area contributed by atoms with Crippen LogP contribution in [0.1, 0.15) is 24.2 Å². The Morgan fingerprint density at radius 2 is 1.80 bits per heavy atom. The minimum absolute atomic E-state index is 0.0517. The van der Waals surface area contributed by atoms with Gasteiger partial charge in [0.25, 0.3) is 5.91 Å². The van der Waals surface area contributed by atoms with Gasteiger partial charge in [0.2, 0.25) is 10.0 Å². The van der Waals surface area contributed by atoms with Gasteiger partial charge in [0, 0.05) is 18.8 Å². The van der Waals surface area contributed by atoms with Crippen LogP contribution in [0, 0.1) is 5.82 Å². The fourth-order valence-corrected chi connectivity index (χ4v) is 4.28. The second-order valence-electron chi connectivity index (χ2n) is 5.17. The highest BCUT2D eigenvalue weighted by Crippen LogP contribution is 2.28. The zero-order chi connectivity index (χ0) is 18.6. The predicted octanol–water partition coefficient (Wildman–Crippen LogP) is 3.76. The first-order valence-corrected chi connectivity index (χ1v) is 9.48. The number of carbonyl (C=O) groups excluding carboxylic acids is 1. The lowest BCUT2D eigenvalue weighted by Gasteiger charge is -2.19. The maximum absolute atomic E-state index is 13.7. The van der Waals surface area contributed by atoms with Crippen LogP contribution in [0.25, 0.3) is 0 Å². The van der Waals surface area contributed by atoms with Gasteiger partial charge in [-0.1, -0.05) is 37.6 Å². The summed E-state index contributed by atoms with van der Waals surface area (Å²) in [5.74, 6) is -1.34. The number of amides is 1. The van der Waals surface area contributed by atoms with Gasteiger partial charge in [-0.05, 0) is 30.3 Å². The molecule has 0 aliphatic heterocycles. The zero-order valence-corrected chi connectivity index (χ0v) is 15.4. The van der Waals surface area contributed by atoms with Crippen molar-refractivity contribution in [1.29, 1.82) is 0 Å². The Morgan fingerprint density at radius 3 is 2.40 bits per heavy atom. The first-order chi connectivity index (χ1) is 11.8. The molecule has 0 aliphatic carbocycles. The van der Waals surface area contributed by atoms with E-state index in [0.717, 1.165) is 0 Å². The average Bonchev–Trinajstić information content (AvgIpc) is 2.57. The lowest BCUT2D eigenvalue weighted by Crippen LogP contribution is -2.30. The highest BCUT2D eigenvalue weighted by atomic mass is 35.5.